The molecule has 0 radical (unpaired) electrons. The number of rotatable bonds is 4. The molecule has 1 aromatic carbocycles. The Morgan fingerprint density at radius 2 is 2.25 bits per heavy atom. The molecule has 2 aliphatic rings. The third-order valence-electron chi connectivity index (χ3n) is 3.69. The summed E-state index contributed by atoms with van der Waals surface area (Å²) < 4.78 is 5.36. The molecule has 1 fully saturated rings. The number of ether oxygens (including phenoxy) is 1. The molecule has 110 valence electrons. The van der Waals surface area contributed by atoms with E-state index in [1.165, 1.54) is 4.90 Å². The molecule has 1 aromatic rings. The van der Waals surface area contributed by atoms with E-state index in [0.29, 0.717) is 0 Å². The molecule has 2 aliphatic heterocycles. The molecule has 20 heavy (non-hydrogen) atoms. The molecule has 0 spiro atoms. The van der Waals surface area contributed by atoms with Gasteiger partial charge in [0, 0.05) is 36.8 Å². The van der Waals surface area contributed by atoms with Gasteiger partial charge in [-0.15, -0.1) is 0 Å². The van der Waals surface area contributed by atoms with Crippen molar-refractivity contribution in [1.29, 1.82) is 0 Å². The summed E-state index contributed by atoms with van der Waals surface area (Å²) in [6, 6.07) is 6.01. The number of anilines is 2. The lowest BCUT2D eigenvalue weighted by atomic mass is 10.3. The molecule has 0 aliphatic carbocycles. The largest absolute Gasteiger partial charge is 0.399 e. The normalized spacial score (nSPS) is 26.2. The maximum absolute atomic E-state index is 5.84. The minimum Gasteiger partial charge on any atom is -0.399 e. The zero-order chi connectivity index (χ0) is 14.0. The van der Waals surface area contributed by atoms with Gasteiger partial charge < -0.3 is 15.8 Å². The highest BCUT2D eigenvalue weighted by Crippen LogP contribution is 2.44. The van der Waals surface area contributed by atoms with Crippen molar-refractivity contribution in [3.63, 3.8) is 0 Å². The molecule has 3 rings (SSSR count). The Morgan fingerprint density at radius 3 is 3.05 bits per heavy atom. The average Bonchev–Trinajstić information content (AvgIpc) is 2.75. The number of fused-ring (bicyclic) bond motifs is 1. The number of nitrogens with zero attached hydrogens (tertiary/aromatic N) is 1. The van der Waals surface area contributed by atoms with Crippen LogP contribution in [0.1, 0.15) is 6.92 Å². The maximum Gasteiger partial charge on any atom is 0.138 e. The number of hydrogen-bond acceptors (Lipinski definition) is 6. The number of thioether (sulfide) groups is 1. The van der Waals surface area contributed by atoms with E-state index in [1.54, 1.807) is 11.8 Å². The van der Waals surface area contributed by atoms with Gasteiger partial charge in [0.2, 0.25) is 0 Å². The van der Waals surface area contributed by atoms with Crippen molar-refractivity contribution in [1.82, 2.24) is 10.2 Å². The number of nitrogen functional groups attached to an aromatic ring is 1. The fourth-order valence-corrected chi connectivity index (χ4v) is 3.79. The van der Waals surface area contributed by atoms with E-state index in [0.717, 1.165) is 50.8 Å². The minimum absolute atomic E-state index is 0.150. The van der Waals surface area contributed by atoms with Gasteiger partial charge in [0.1, 0.15) is 4.99 Å². The summed E-state index contributed by atoms with van der Waals surface area (Å²) in [6.07, 6.45) is 0. The van der Waals surface area contributed by atoms with E-state index in [1.807, 2.05) is 18.2 Å². The fraction of sp³-hybridized carbons (Fsp3) is 0.571. The summed E-state index contributed by atoms with van der Waals surface area (Å²) in [6.45, 7) is 7.97. The van der Waals surface area contributed by atoms with E-state index < -0.39 is 0 Å². The molecular formula is C14H22N4OS. The monoisotopic (exact) mass is 294 g/mol. The van der Waals surface area contributed by atoms with Gasteiger partial charge in [0.15, 0.2) is 0 Å². The molecule has 1 saturated heterocycles. The lowest BCUT2D eigenvalue weighted by Crippen LogP contribution is -2.48. The second-order valence-electron chi connectivity index (χ2n) is 5.40. The van der Waals surface area contributed by atoms with Gasteiger partial charge in [-0.25, -0.2) is 0 Å². The van der Waals surface area contributed by atoms with Crippen LogP contribution in [0.25, 0.3) is 0 Å². The molecule has 1 atom stereocenters. The van der Waals surface area contributed by atoms with Crippen molar-refractivity contribution in [2.24, 2.45) is 0 Å². The zero-order valence-electron chi connectivity index (χ0n) is 11.8. The summed E-state index contributed by atoms with van der Waals surface area (Å²) in [4.78, 5) is 3.50. The number of hydrogen-bond donors (Lipinski definition) is 3. The number of nitrogens with two attached hydrogens (primary N) is 1. The van der Waals surface area contributed by atoms with Crippen LogP contribution in [-0.2, 0) is 4.74 Å². The Hall–Kier alpha value is -0.950. The first-order chi connectivity index (χ1) is 9.65. The van der Waals surface area contributed by atoms with Crippen LogP contribution in [-0.4, -0.2) is 49.3 Å². The summed E-state index contributed by atoms with van der Waals surface area (Å²) in [5.41, 5.74) is 7.81. The second kappa shape index (κ2) is 5.81. The first-order valence-electron chi connectivity index (χ1n) is 7.06. The second-order valence-corrected chi connectivity index (χ2v) is 6.86. The molecule has 0 amide bonds. The molecular weight excluding hydrogens is 272 g/mol. The first-order valence-corrected chi connectivity index (χ1v) is 7.88. The topological polar surface area (TPSA) is 62.5 Å². The Morgan fingerprint density at radius 1 is 1.45 bits per heavy atom. The number of nitrogens with one attached hydrogen (secondary N) is 2. The van der Waals surface area contributed by atoms with E-state index >= 15 is 0 Å². The van der Waals surface area contributed by atoms with E-state index in [-0.39, 0.29) is 4.99 Å². The van der Waals surface area contributed by atoms with Crippen LogP contribution in [0.4, 0.5) is 11.4 Å². The molecule has 0 aromatic heterocycles. The maximum atomic E-state index is 5.84. The highest BCUT2D eigenvalue weighted by molar-refractivity contribution is 8.01. The summed E-state index contributed by atoms with van der Waals surface area (Å²) in [7, 11) is 0. The predicted molar refractivity (Wildman–Crippen MR) is 84.0 cm³/mol. The average molecular weight is 294 g/mol. The molecule has 4 N–H and O–H groups in total. The molecule has 2 heterocycles. The third-order valence-corrected chi connectivity index (χ3v) is 4.90. The van der Waals surface area contributed by atoms with Crippen molar-refractivity contribution in [2.75, 3.05) is 50.4 Å². The Bertz CT molecular complexity index is 478. The summed E-state index contributed by atoms with van der Waals surface area (Å²) >= 11 is 1.79. The third kappa shape index (κ3) is 3.20. The minimum atomic E-state index is -0.150. The number of benzene rings is 1. The molecule has 0 saturated carbocycles. The van der Waals surface area contributed by atoms with E-state index in [2.05, 4.69) is 22.5 Å². The fourth-order valence-electron chi connectivity index (χ4n) is 2.59. The van der Waals surface area contributed by atoms with Crippen molar-refractivity contribution < 1.29 is 4.74 Å². The van der Waals surface area contributed by atoms with Gasteiger partial charge >= 0.3 is 0 Å². The van der Waals surface area contributed by atoms with Crippen LogP contribution in [0, 0.1) is 0 Å². The van der Waals surface area contributed by atoms with Gasteiger partial charge in [-0.1, -0.05) is 11.8 Å². The molecule has 0 bridgehead atoms. The quantitative estimate of drug-likeness (QED) is 0.729. The highest BCUT2D eigenvalue weighted by atomic mass is 32.2. The SMILES string of the molecule is CC1(NCCN2CCOCC2)Nc2ccc(N)cc2S1. The van der Waals surface area contributed by atoms with Crippen LogP contribution in [0.3, 0.4) is 0 Å². The van der Waals surface area contributed by atoms with Gasteiger partial charge in [-0.2, -0.15) is 0 Å². The van der Waals surface area contributed by atoms with Gasteiger partial charge in [0.05, 0.1) is 18.9 Å². The smallest absolute Gasteiger partial charge is 0.138 e. The Kier molecular flexibility index (Phi) is 4.07. The molecule has 1 unspecified atom stereocenters. The van der Waals surface area contributed by atoms with E-state index in [4.69, 9.17) is 10.5 Å². The van der Waals surface area contributed by atoms with Crippen LogP contribution in [0.2, 0.25) is 0 Å². The van der Waals surface area contributed by atoms with Crippen molar-refractivity contribution in [2.45, 2.75) is 16.8 Å². The van der Waals surface area contributed by atoms with Gasteiger partial charge in [-0.3, -0.25) is 10.2 Å². The molecule has 6 heteroatoms. The zero-order valence-corrected chi connectivity index (χ0v) is 12.6. The predicted octanol–water partition coefficient (Wildman–Crippen LogP) is 1.38. The Balaban J connectivity index is 1.51. The van der Waals surface area contributed by atoms with Crippen LogP contribution >= 0.6 is 11.8 Å². The molecule has 5 nitrogen and oxygen atoms in total. The van der Waals surface area contributed by atoms with E-state index in [9.17, 15) is 0 Å². The van der Waals surface area contributed by atoms with Crippen molar-refractivity contribution in [3.05, 3.63) is 18.2 Å². The van der Waals surface area contributed by atoms with Gasteiger partial charge in [0.25, 0.3) is 0 Å². The number of morpholine rings is 1. The van der Waals surface area contributed by atoms with Crippen LogP contribution in [0.5, 0.6) is 0 Å². The van der Waals surface area contributed by atoms with Crippen molar-refractivity contribution in [3.8, 4) is 0 Å². The van der Waals surface area contributed by atoms with Gasteiger partial charge in [-0.05, 0) is 25.1 Å². The van der Waals surface area contributed by atoms with Crippen molar-refractivity contribution >= 4 is 23.1 Å². The van der Waals surface area contributed by atoms with Crippen LogP contribution in [0.15, 0.2) is 23.1 Å². The van der Waals surface area contributed by atoms with Crippen LogP contribution < -0.4 is 16.4 Å². The summed E-state index contributed by atoms with van der Waals surface area (Å²) in [5, 5.41) is 7.13. The lowest BCUT2D eigenvalue weighted by Gasteiger charge is -2.30. The summed E-state index contributed by atoms with van der Waals surface area (Å²) in [5.74, 6) is 0. The standard InChI is InChI=1S/C14H22N4OS/c1-14(16-4-5-18-6-8-19-9-7-18)17-12-3-2-11(15)10-13(12)20-14/h2-3,10,16-17H,4-9,15H2,1H3. The highest BCUT2D eigenvalue weighted by Gasteiger charge is 2.32. The lowest BCUT2D eigenvalue weighted by molar-refractivity contribution is 0.0381. The first kappa shape index (κ1) is 14.0. The Labute approximate surface area is 124 Å².